The van der Waals surface area contributed by atoms with Gasteiger partial charge in [-0.1, -0.05) is 0 Å². The van der Waals surface area contributed by atoms with Gasteiger partial charge in [-0.25, -0.2) is 4.98 Å². The van der Waals surface area contributed by atoms with E-state index in [-0.39, 0.29) is 17.8 Å². The van der Waals surface area contributed by atoms with Crippen molar-refractivity contribution in [3.63, 3.8) is 0 Å². The number of fused-ring (bicyclic) bond motifs is 2. The number of hydrogen-bond acceptors (Lipinski definition) is 4. The standard InChI is InChI=1S/C19H18F3N3O2/c20-19(21,22)12-7-8-23-17(9-12)27-14-4-1-11(2-5-14)18(26)25-16-10-13-3-6-15(16)24-13/h1-2,4-5,7-9,13,15-16,24H,3,6,10H2,(H,25,26). The quantitative estimate of drug-likeness (QED) is 0.856. The Kier molecular flexibility index (Phi) is 4.51. The molecule has 1 aromatic carbocycles. The molecule has 2 aromatic rings. The summed E-state index contributed by atoms with van der Waals surface area (Å²) < 4.78 is 43.6. The van der Waals surface area contributed by atoms with Crippen LogP contribution in [0.25, 0.3) is 0 Å². The molecule has 1 amide bonds. The first-order valence-electron chi connectivity index (χ1n) is 8.76. The molecule has 5 nitrogen and oxygen atoms in total. The first kappa shape index (κ1) is 17.8. The highest BCUT2D eigenvalue weighted by Crippen LogP contribution is 2.32. The van der Waals surface area contributed by atoms with E-state index in [0.29, 0.717) is 23.4 Å². The summed E-state index contributed by atoms with van der Waals surface area (Å²) in [6.07, 6.45) is -0.237. The van der Waals surface area contributed by atoms with E-state index in [1.807, 2.05) is 0 Å². The van der Waals surface area contributed by atoms with Crippen molar-refractivity contribution in [1.82, 2.24) is 15.6 Å². The topological polar surface area (TPSA) is 63.2 Å². The van der Waals surface area contributed by atoms with E-state index in [1.165, 1.54) is 12.1 Å². The van der Waals surface area contributed by atoms with Gasteiger partial charge in [0.15, 0.2) is 0 Å². The van der Waals surface area contributed by atoms with Crippen molar-refractivity contribution < 1.29 is 22.7 Å². The lowest BCUT2D eigenvalue weighted by Crippen LogP contribution is -2.42. The van der Waals surface area contributed by atoms with Crippen LogP contribution in [0, 0.1) is 0 Å². The Morgan fingerprint density at radius 2 is 1.96 bits per heavy atom. The number of nitrogens with zero attached hydrogens (tertiary/aromatic N) is 1. The van der Waals surface area contributed by atoms with Crippen LogP contribution in [0.15, 0.2) is 42.6 Å². The lowest BCUT2D eigenvalue weighted by Gasteiger charge is -2.21. The molecule has 2 fully saturated rings. The molecule has 142 valence electrons. The molecule has 3 heterocycles. The Hall–Kier alpha value is -2.61. The number of hydrogen-bond donors (Lipinski definition) is 2. The van der Waals surface area contributed by atoms with Crippen LogP contribution in [-0.2, 0) is 6.18 Å². The highest BCUT2D eigenvalue weighted by Gasteiger charge is 2.39. The molecule has 3 atom stereocenters. The normalized spacial score (nSPS) is 24.0. The van der Waals surface area contributed by atoms with Gasteiger partial charge in [-0.3, -0.25) is 4.79 Å². The van der Waals surface area contributed by atoms with Gasteiger partial charge in [-0.15, -0.1) is 0 Å². The summed E-state index contributed by atoms with van der Waals surface area (Å²) in [5.74, 6) is -0.0202. The van der Waals surface area contributed by atoms with Gasteiger partial charge in [-0.05, 0) is 49.6 Å². The lowest BCUT2D eigenvalue weighted by atomic mass is 9.95. The average molecular weight is 377 g/mol. The van der Waals surface area contributed by atoms with Gasteiger partial charge >= 0.3 is 6.18 Å². The van der Waals surface area contributed by atoms with E-state index in [2.05, 4.69) is 15.6 Å². The van der Waals surface area contributed by atoms with Crippen LogP contribution >= 0.6 is 0 Å². The number of alkyl halides is 3. The summed E-state index contributed by atoms with van der Waals surface area (Å²) in [5.41, 5.74) is -0.356. The van der Waals surface area contributed by atoms with Gasteiger partial charge in [0.1, 0.15) is 5.75 Å². The van der Waals surface area contributed by atoms with Crippen LogP contribution in [0.1, 0.15) is 35.2 Å². The number of nitrogens with one attached hydrogen (secondary N) is 2. The Labute approximate surface area is 153 Å². The van der Waals surface area contributed by atoms with E-state index < -0.39 is 11.7 Å². The second kappa shape index (κ2) is 6.84. The third-order valence-corrected chi connectivity index (χ3v) is 5.02. The number of ether oxygens (including phenoxy) is 1. The molecule has 0 aliphatic carbocycles. The minimum atomic E-state index is -4.46. The molecule has 2 saturated heterocycles. The Balaban J connectivity index is 1.39. The van der Waals surface area contributed by atoms with Crippen LogP contribution in [0.5, 0.6) is 11.6 Å². The highest BCUT2D eigenvalue weighted by molar-refractivity contribution is 5.94. The summed E-state index contributed by atoms with van der Waals surface area (Å²) in [4.78, 5) is 16.2. The average Bonchev–Trinajstić information content (AvgIpc) is 3.25. The zero-order chi connectivity index (χ0) is 19.0. The first-order chi connectivity index (χ1) is 12.9. The Morgan fingerprint density at radius 1 is 1.19 bits per heavy atom. The van der Waals surface area contributed by atoms with Gasteiger partial charge in [0, 0.05) is 36.0 Å². The van der Waals surface area contributed by atoms with E-state index in [4.69, 9.17) is 4.74 Å². The molecule has 8 heteroatoms. The first-order valence-corrected chi connectivity index (χ1v) is 8.76. The van der Waals surface area contributed by atoms with Gasteiger partial charge in [0.2, 0.25) is 5.88 Å². The van der Waals surface area contributed by atoms with Crippen LogP contribution in [0.2, 0.25) is 0 Å². The fourth-order valence-electron chi connectivity index (χ4n) is 3.67. The summed E-state index contributed by atoms with van der Waals surface area (Å²) >= 11 is 0. The Bertz CT molecular complexity index is 839. The third-order valence-electron chi connectivity index (χ3n) is 5.02. The molecule has 27 heavy (non-hydrogen) atoms. The summed E-state index contributed by atoms with van der Waals surface area (Å²) in [6.45, 7) is 0. The van der Waals surface area contributed by atoms with Crippen molar-refractivity contribution in [3.8, 4) is 11.6 Å². The zero-order valence-electron chi connectivity index (χ0n) is 14.3. The predicted molar refractivity (Wildman–Crippen MR) is 91.6 cm³/mol. The molecule has 0 spiro atoms. The van der Waals surface area contributed by atoms with Gasteiger partial charge in [0.25, 0.3) is 5.91 Å². The highest BCUT2D eigenvalue weighted by atomic mass is 19.4. The maximum Gasteiger partial charge on any atom is 0.416 e. The van der Waals surface area contributed by atoms with E-state index in [1.54, 1.807) is 12.1 Å². The number of benzene rings is 1. The van der Waals surface area contributed by atoms with E-state index in [0.717, 1.165) is 37.6 Å². The maximum atomic E-state index is 12.7. The fourth-order valence-corrected chi connectivity index (χ4v) is 3.67. The van der Waals surface area contributed by atoms with Crippen molar-refractivity contribution in [3.05, 3.63) is 53.7 Å². The molecule has 3 unspecified atom stereocenters. The Morgan fingerprint density at radius 3 is 2.59 bits per heavy atom. The predicted octanol–water partition coefficient (Wildman–Crippen LogP) is 3.52. The van der Waals surface area contributed by atoms with Crippen molar-refractivity contribution in [2.24, 2.45) is 0 Å². The van der Waals surface area contributed by atoms with Crippen molar-refractivity contribution in [2.45, 2.75) is 43.6 Å². The second-order valence-electron chi connectivity index (χ2n) is 6.87. The number of amides is 1. The second-order valence-corrected chi connectivity index (χ2v) is 6.87. The fraction of sp³-hybridized carbons (Fsp3) is 0.368. The number of aromatic nitrogens is 1. The molecule has 2 aliphatic rings. The minimum Gasteiger partial charge on any atom is -0.439 e. The van der Waals surface area contributed by atoms with Crippen molar-refractivity contribution in [2.75, 3.05) is 0 Å². The SMILES string of the molecule is O=C(NC1CC2CCC1N2)c1ccc(Oc2cc(C(F)(F)F)ccn2)cc1. The molecule has 1 aromatic heterocycles. The van der Waals surface area contributed by atoms with Crippen molar-refractivity contribution >= 4 is 5.91 Å². The number of carbonyl (C=O) groups excluding carboxylic acids is 1. The smallest absolute Gasteiger partial charge is 0.416 e. The van der Waals surface area contributed by atoms with E-state index in [9.17, 15) is 18.0 Å². The molecular weight excluding hydrogens is 359 g/mol. The largest absolute Gasteiger partial charge is 0.439 e. The monoisotopic (exact) mass is 377 g/mol. The lowest BCUT2D eigenvalue weighted by molar-refractivity contribution is -0.137. The van der Waals surface area contributed by atoms with Crippen molar-refractivity contribution in [1.29, 1.82) is 0 Å². The van der Waals surface area contributed by atoms with Crippen LogP contribution in [-0.4, -0.2) is 29.0 Å². The molecule has 4 rings (SSSR count). The zero-order valence-corrected chi connectivity index (χ0v) is 14.3. The van der Waals surface area contributed by atoms with Gasteiger partial charge in [-0.2, -0.15) is 13.2 Å². The van der Waals surface area contributed by atoms with Gasteiger partial charge in [0.05, 0.1) is 5.56 Å². The summed E-state index contributed by atoms with van der Waals surface area (Å²) in [6, 6.07) is 8.93. The number of pyridine rings is 1. The molecule has 0 saturated carbocycles. The molecular formula is C19H18F3N3O2. The maximum absolute atomic E-state index is 12.7. The van der Waals surface area contributed by atoms with Crippen LogP contribution in [0.3, 0.4) is 0 Å². The summed E-state index contributed by atoms with van der Waals surface area (Å²) in [5, 5.41) is 6.50. The van der Waals surface area contributed by atoms with Crippen LogP contribution < -0.4 is 15.4 Å². The molecule has 2 bridgehead atoms. The number of carbonyl (C=O) groups is 1. The molecule has 0 radical (unpaired) electrons. The van der Waals surface area contributed by atoms with E-state index >= 15 is 0 Å². The minimum absolute atomic E-state index is 0.140. The molecule has 2 aliphatic heterocycles. The number of halogens is 3. The summed E-state index contributed by atoms with van der Waals surface area (Å²) in [7, 11) is 0. The number of rotatable bonds is 4. The third kappa shape index (κ3) is 3.90. The van der Waals surface area contributed by atoms with Crippen LogP contribution in [0.4, 0.5) is 13.2 Å². The molecule has 2 N–H and O–H groups in total. The van der Waals surface area contributed by atoms with Gasteiger partial charge < -0.3 is 15.4 Å².